The van der Waals surface area contributed by atoms with E-state index in [1.54, 1.807) is 0 Å². The zero-order valence-corrected chi connectivity index (χ0v) is 21.4. The Labute approximate surface area is 234 Å². The monoisotopic (exact) mass is 596 g/mol. The molecule has 3 rings (SSSR count). The Morgan fingerprint density at radius 1 is 0.810 bits per heavy atom. The third-order valence-electron chi connectivity index (χ3n) is 5.91. The topological polar surface area (TPSA) is 125 Å². The number of amides is 1. The molecule has 0 aliphatic heterocycles. The van der Waals surface area contributed by atoms with Gasteiger partial charge in [0.15, 0.2) is 11.6 Å². The van der Waals surface area contributed by atoms with Crippen molar-refractivity contribution in [1.82, 2.24) is 5.32 Å². The van der Waals surface area contributed by atoms with Crippen molar-refractivity contribution in [1.29, 1.82) is 0 Å². The molecule has 14 heteroatoms. The smallest absolute Gasteiger partial charge is 0.406 e. The second kappa shape index (κ2) is 13.3. The maximum absolute atomic E-state index is 13.5. The Balaban J connectivity index is 1.89. The third kappa shape index (κ3) is 8.89. The fourth-order valence-electron chi connectivity index (χ4n) is 3.86. The van der Waals surface area contributed by atoms with Gasteiger partial charge in [-0.15, -0.1) is 13.2 Å². The molecular weight excluding hydrogens is 574 g/mol. The lowest BCUT2D eigenvalue weighted by Gasteiger charge is -2.17. The van der Waals surface area contributed by atoms with Crippen molar-refractivity contribution in [3.63, 3.8) is 0 Å². The minimum absolute atomic E-state index is 0.0860. The number of nitrogens with one attached hydrogen (secondary N) is 1. The summed E-state index contributed by atoms with van der Waals surface area (Å²) < 4.78 is 80.9. The summed E-state index contributed by atoms with van der Waals surface area (Å²) in [5.41, 5.74) is -1.14. The van der Waals surface area contributed by atoms with Crippen molar-refractivity contribution in [2.75, 3.05) is 6.54 Å². The number of nitrogens with two attached hydrogens (primary N) is 1. The highest BCUT2D eigenvalue weighted by molar-refractivity contribution is 6.06. The molecule has 3 aromatic carbocycles. The third-order valence-corrected chi connectivity index (χ3v) is 5.91. The molecule has 0 aromatic heterocycles. The second-order valence-corrected chi connectivity index (χ2v) is 8.81. The highest BCUT2D eigenvalue weighted by Gasteiger charge is 2.33. The molecule has 3 aromatic rings. The van der Waals surface area contributed by atoms with Gasteiger partial charge >= 0.3 is 18.5 Å². The molecule has 222 valence electrons. The van der Waals surface area contributed by atoms with Crippen molar-refractivity contribution < 1.29 is 55.1 Å². The number of alkyl halides is 6. The molecule has 0 aliphatic carbocycles. The molecule has 1 unspecified atom stereocenters. The van der Waals surface area contributed by atoms with E-state index in [-0.39, 0.29) is 35.2 Å². The van der Waals surface area contributed by atoms with Crippen LogP contribution in [0.15, 0.2) is 72.8 Å². The van der Waals surface area contributed by atoms with Crippen LogP contribution in [0.25, 0.3) is 0 Å². The lowest BCUT2D eigenvalue weighted by molar-refractivity contribution is -0.274. The largest absolute Gasteiger partial charge is 0.573 e. The van der Waals surface area contributed by atoms with Crippen LogP contribution >= 0.6 is 0 Å². The van der Waals surface area contributed by atoms with Gasteiger partial charge in [0.05, 0.1) is 17.9 Å². The average molecular weight is 596 g/mol. The van der Waals surface area contributed by atoms with Gasteiger partial charge in [0, 0.05) is 29.7 Å². The van der Waals surface area contributed by atoms with Crippen LogP contribution in [-0.4, -0.2) is 36.4 Å². The average Bonchev–Trinajstić information content (AvgIpc) is 2.94. The maximum Gasteiger partial charge on any atom is 0.573 e. The maximum atomic E-state index is 13.5. The van der Waals surface area contributed by atoms with Gasteiger partial charge in [0.1, 0.15) is 5.75 Å². The van der Waals surface area contributed by atoms with Gasteiger partial charge in [-0.25, -0.2) is 0 Å². The predicted octanol–water partition coefficient (Wildman–Crippen LogP) is 5.38. The number of ketones is 2. The van der Waals surface area contributed by atoms with Gasteiger partial charge in [-0.3, -0.25) is 19.2 Å². The van der Waals surface area contributed by atoms with Gasteiger partial charge in [0.2, 0.25) is 0 Å². The van der Waals surface area contributed by atoms with Crippen LogP contribution in [0.3, 0.4) is 0 Å². The molecule has 0 heterocycles. The molecule has 0 fully saturated rings. The van der Waals surface area contributed by atoms with Crippen LogP contribution in [0, 0.1) is 0 Å². The molecule has 0 saturated heterocycles. The predicted molar refractivity (Wildman–Crippen MR) is 134 cm³/mol. The number of carbonyl (C=O) groups is 4. The van der Waals surface area contributed by atoms with Crippen molar-refractivity contribution in [2.45, 2.75) is 31.3 Å². The summed E-state index contributed by atoms with van der Waals surface area (Å²) >= 11 is 0. The quantitative estimate of drug-likeness (QED) is 0.173. The Morgan fingerprint density at radius 2 is 1.43 bits per heavy atom. The molecule has 0 aliphatic rings. The number of ether oxygens (including phenoxy) is 1. The van der Waals surface area contributed by atoms with E-state index in [1.807, 2.05) is 0 Å². The number of hydrogen-bond acceptors (Lipinski definition) is 7. The number of halogens is 6. The van der Waals surface area contributed by atoms with E-state index >= 15 is 0 Å². The SMILES string of the molecule is NOC(=O)CCNC(=O)c1ccc(C(CC(=O)c2cccc(C(F)(F)F)c2)C(=O)c2ccc(OC(F)(F)F)cc2)cc1. The first-order chi connectivity index (χ1) is 19.7. The Hall–Kier alpha value is -4.72. The van der Waals surface area contributed by atoms with E-state index in [9.17, 15) is 45.5 Å². The zero-order valence-electron chi connectivity index (χ0n) is 21.4. The van der Waals surface area contributed by atoms with Gasteiger partial charge in [0.25, 0.3) is 5.91 Å². The Bertz CT molecular complexity index is 1440. The van der Waals surface area contributed by atoms with E-state index < -0.39 is 59.6 Å². The van der Waals surface area contributed by atoms with Crippen molar-refractivity contribution in [3.8, 4) is 5.75 Å². The van der Waals surface area contributed by atoms with Gasteiger partial charge in [-0.1, -0.05) is 24.3 Å². The van der Waals surface area contributed by atoms with Crippen LogP contribution in [-0.2, 0) is 15.8 Å². The number of benzene rings is 3. The van der Waals surface area contributed by atoms with Crippen LogP contribution in [0.5, 0.6) is 5.75 Å². The van der Waals surface area contributed by atoms with Gasteiger partial charge in [-0.05, 0) is 54.1 Å². The normalized spacial score (nSPS) is 12.3. The van der Waals surface area contributed by atoms with E-state index in [4.69, 9.17) is 5.90 Å². The molecular formula is C28H22F6N2O6. The highest BCUT2D eigenvalue weighted by atomic mass is 19.4. The molecule has 1 amide bonds. The molecule has 0 saturated carbocycles. The summed E-state index contributed by atoms with van der Waals surface area (Å²) in [6.07, 6.45) is -10.5. The summed E-state index contributed by atoms with van der Waals surface area (Å²) in [7, 11) is 0. The van der Waals surface area contributed by atoms with Crippen molar-refractivity contribution in [2.24, 2.45) is 5.90 Å². The van der Waals surface area contributed by atoms with Crippen LogP contribution < -0.4 is 16.0 Å². The van der Waals surface area contributed by atoms with Crippen LogP contribution in [0.4, 0.5) is 26.3 Å². The molecule has 0 bridgehead atoms. The molecule has 0 spiro atoms. The number of Topliss-reactive ketones (excluding diaryl/α,β-unsaturated/α-hetero) is 2. The first-order valence-corrected chi connectivity index (χ1v) is 12.1. The first-order valence-electron chi connectivity index (χ1n) is 12.1. The molecule has 8 nitrogen and oxygen atoms in total. The van der Waals surface area contributed by atoms with E-state index in [0.29, 0.717) is 6.07 Å². The van der Waals surface area contributed by atoms with Crippen LogP contribution in [0.2, 0.25) is 0 Å². The first kappa shape index (κ1) is 31.8. The molecule has 42 heavy (non-hydrogen) atoms. The second-order valence-electron chi connectivity index (χ2n) is 8.81. The summed E-state index contributed by atoms with van der Waals surface area (Å²) in [6.45, 7) is -0.0860. The lowest BCUT2D eigenvalue weighted by atomic mass is 9.85. The van der Waals surface area contributed by atoms with Crippen LogP contribution in [0.1, 0.15) is 61.0 Å². The standard InChI is InChI=1S/C28H22F6N2O6/c29-27(30,31)20-3-1-2-19(14-20)23(37)15-22(25(39)17-8-10-21(11-9-17)41-28(32,33)34)16-4-6-18(7-5-16)26(40)36-13-12-24(38)42-35/h1-11,14,22H,12-13,15,35H2,(H,36,40). The van der Waals surface area contributed by atoms with Gasteiger partial charge < -0.3 is 14.9 Å². The van der Waals surface area contributed by atoms with E-state index in [1.165, 1.54) is 24.3 Å². The Kier molecular flexibility index (Phi) is 10.1. The fraction of sp³-hybridized carbons (Fsp3) is 0.214. The molecule has 3 N–H and O–H groups in total. The highest BCUT2D eigenvalue weighted by Crippen LogP contribution is 2.32. The summed E-state index contributed by atoms with van der Waals surface area (Å²) in [5.74, 6) is -0.00556. The molecule has 1 atom stereocenters. The Morgan fingerprint density at radius 3 is 2.00 bits per heavy atom. The number of rotatable bonds is 11. The minimum Gasteiger partial charge on any atom is -0.406 e. The minimum atomic E-state index is -4.97. The number of carbonyl (C=O) groups excluding carboxylic acids is 4. The molecule has 0 radical (unpaired) electrons. The summed E-state index contributed by atoms with van der Waals surface area (Å²) in [6, 6.07) is 12.9. The van der Waals surface area contributed by atoms with Gasteiger partial charge in [-0.2, -0.15) is 19.1 Å². The van der Waals surface area contributed by atoms with Crippen molar-refractivity contribution >= 4 is 23.4 Å². The summed E-state index contributed by atoms with van der Waals surface area (Å²) in [4.78, 5) is 54.0. The lowest BCUT2D eigenvalue weighted by Crippen LogP contribution is -2.27. The number of hydrogen-bond donors (Lipinski definition) is 2. The van der Waals surface area contributed by atoms with Crippen molar-refractivity contribution in [3.05, 3.63) is 101 Å². The summed E-state index contributed by atoms with van der Waals surface area (Å²) in [5, 5.41) is 2.45. The van der Waals surface area contributed by atoms with E-state index in [2.05, 4.69) is 14.9 Å². The fourth-order valence-corrected chi connectivity index (χ4v) is 3.86. The van der Waals surface area contributed by atoms with E-state index in [0.717, 1.165) is 42.5 Å². The zero-order chi connectivity index (χ0) is 31.1.